The van der Waals surface area contributed by atoms with Crippen LogP contribution < -0.4 is 5.32 Å². The predicted molar refractivity (Wildman–Crippen MR) is 72.1 cm³/mol. The van der Waals surface area contributed by atoms with Crippen LogP contribution in [0, 0.1) is 17.3 Å². The first-order chi connectivity index (χ1) is 8.07. The van der Waals surface area contributed by atoms with E-state index in [1.54, 1.807) is 0 Å². The molecule has 2 rings (SSSR count). The molecular formula is C15H29NO. The van der Waals surface area contributed by atoms with Gasteiger partial charge in [-0.25, -0.2) is 0 Å². The van der Waals surface area contributed by atoms with Gasteiger partial charge in [0.2, 0.25) is 0 Å². The zero-order chi connectivity index (χ0) is 12.3. The monoisotopic (exact) mass is 239 g/mol. The van der Waals surface area contributed by atoms with Gasteiger partial charge in [-0.15, -0.1) is 0 Å². The highest BCUT2D eigenvalue weighted by Gasteiger charge is 2.32. The van der Waals surface area contributed by atoms with Crippen molar-refractivity contribution in [1.29, 1.82) is 0 Å². The highest BCUT2D eigenvalue weighted by Crippen LogP contribution is 2.38. The molecule has 17 heavy (non-hydrogen) atoms. The van der Waals surface area contributed by atoms with E-state index >= 15 is 0 Å². The van der Waals surface area contributed by atoms with E-state index in [1.165, 1.54) is 38.6 Å². The summed E-state index contributed by atoms with van der Waals surface area (Å²) in [5.74, 6) is 1.68. The molecule has 2 fully saturated rings. The standard InChI is InChI=1S/C15H29NO/c1-12-10-15(2,3)7-4-14(12)16-11-13-5-8-17-9-6-13/h12-14,16H,4-11H2,1-3H3. The van der Waals surface area contributed by atoms with E-state index in [2.05, 4.69) is 26.1 Å². The maximum Gasteiger partial charge on any atom is 0.0469 e. The van der Waals surface area contributed by atoms with Gasteiger partial charge in [0.05, 0.1) is 0 Å². The Morgan fingerprint density at radius 3 is 2.53 bits per heavy atom. The topological polar surface area (TPSA) is 21.3 Å². The molecule has 2 heteroatoms. The van der Waals surface area contributed by atoms with E-state index in [1.807, 2.05) is 0 Å². The van der Waals surface area contributed by atoms with Crippen LogP contribution in [-0.2, 0) is 4.74 Å². The van der Waals surface area contributed by atoms with Crippen molar-refractivity contribution < 1.29 is 4.74 Å². The van der Waals surface area contributed by atoms with Gasteiger partial charge in [-0.1, -0.05) is 20.8 Å². The van der Waals surface area contributed by atoms with Gasteiger partial charge in [-0.2, -0.15) is 0 Å². The molecule has 0 bridgehead atoms. The fraction of sp³-hybridized carbons (Fsp3) is 1.00. The average Bonchev–Trinajstić information content (AvgIpc) is 2.28. The molecule has 0 aromatic carbocycles. The molecule has 0 aromatic rings. The zero-order valence-corrected chi connectivity index (χ0v) is 11.8. The lowest BCUT2D eigenvalue weighted by Crippen LogP contribution is -2.44. The van der Waals surface area contributed by atoms with Crippen molar-refractivity contribution in [3.63, 3.8) is 0 Å². The molecule has 2 unspecified atom stereocenters. The van der Waals surface area contributed by atoms with Crippen molar-refractivity contribution in [1.82, 2.24) is 5.32 Å². The molecule has 1 saturated heterocycles. The van der Waals surface area contributed by atoms with Gasteiger partial charge in [0.25, 0.3) is 0 Å². The summed E-state index contributed by atoms with van der Waals surface area (Å²) >= 11 is 0. The van der Waals surface area contributed by atoms with Gasteiger partial charge >= 0.3 is 0 Å². The van der Waals surface area contributed by atoms with E-state index in [0.717, 1.165) is 31.1 Å². The number of rotatable bonds is 3. The Labute approximate surface area is 107 Å². The second-order valence-electron chi connectivity index (χ2n) is 6.95. The number of ether oxygens (including phenoxy) is 1. The molecule has 0 amide bonds. The number of hydrogen-bond acceptors (Lipinski definition) is 2. The summed E-state index contributed by atoms with van der Waals surface area (Å²) in [6.07, 6.45) is 6.61. The predicted octanol–water partition coefficient (Wildman–Crippen LogP) is 3.22. The van der Waals surface area contributed by atoms with Crippen molar-refractivity contribution >= 4 is 0 Å². The van der Waals surface area contributed by atoms with Crippen molar-refractivity contribution in [2.45, 2.75) is 58.9 Å². The maximum atomic E-state index is 5.41. The van der Waals surface area contributed by atoms with Crippen LogP contribution in [0.3, 0.4) is 0 Å². The highest BCUT2D eigenvalue weighted by atomic mass is 16.5. The highest BCUT2D eigenvalue weighted by molar-refractivity contribution is 4.87. The summed E-state index contributed by atoms with van der Waals surface area (Å²) in [4.78, 5) is 0. The van der Waals surface area contributed by atoms with Crippen LogP contribution in [0.25, 0.3) is 0 Å². The minimum Gasteiger partial charge on any atom is -0.381 e. The molecule has 0 spiro atoms. The smallest absolute Gasteiger partial charge is 0.0469 e. The molecule has 1 N–H and O–H groups in total. The van der Waals surface area contributed by atoms with Gasteiger partial charge in [0, 0.05) is 19.3 Å². The lowest BCUT2D eigenvalue weighted by Gasteiger charge is -2.40. The molecule has 1 saturated carbocycles. The molecule has 2 nitrogen and oxygen atoms in total. The Kier molecular flexibility index (Phi) is 4.48. The molecule has 0 radical (unpaired) electrons. The van der Waals surface area contributed by atoms with Crippen LogP contribution in [0.1, 0.15) is 52.9 Å². The second kappa shape index (κ2) is 5.71. The first-order valence-electron chi connectivity index (χ1n) is 7.38. The second-order valence-corrected chi connectivity index (χ2v) is 6.95. The minimum absolute atomic E-state index is 0.566. The maximum absolute atomic E-state index is 5.41. The molecule has 2 atom stereocenters. The van der Waals surface area contributed by atoms with Crippen LogP contribution in [0.15, 0.2) is 0 Å². The van der Waals surface area contributed by atoms with Crippen molar-refractivity contribution in [2.24, 2.45) is 17.3 Å². The van der Waals surface area contributed by atoms with Crippen LogP contribution in [-0.4, -0.2) is 25.8 Å². The molecule has 100 valence electrons. The average molecular weight is 239 g/mol. The third-order valence-corrected chi connectivity index (χ3v) is 4.70. The quantitative estimate of drug-likeness (QED) is 0.816. The summed E-state index contributed by atoms with van der Waals surface area (Å²) in [5.41, 5.74) is 0.566. The largest absolute Gasteiger partial charge is 0.381 e. The van der Waals surface area contributed by atoms with E-state index in [-0.39, 0.29) is 0 Å². The van der Waals surface area contributed by atoms with E-state index in [9.17, 15) is 0 Å². The molecular weight excluding hydrogens is 210 g/mol. The van der Waals surface area contributed by atoms with Crippen LogP contribution in [0.5, 0.6) is 0 Å². The minimum atomic E-state index is 0.566. The van der Waals surface area contributed by atoms with Crippen molar-refractivity contribution in [3.8, 4) is 0 Å². The Morgan fingerprint density at radius 1 is 1.18 bits per heavy atom. The molecule has 0 aromatic heterocycles. The Hall–Kier alpha value is -0.0800. The van der Waals surface area contributed by atoms with Crippen molar-refractivity contribution in [2.75, 3.05) is 19.8 Å². The van der Waals surface area contributed by atoms with Gasteiger partial charge < -0.3 is 10.1 Å². The lowest BCUT2D eigenvalue weighted by molar-refractivity contribution is 0.0622. The summed E-state index contributed by atoms with van der Waals surface area (Å²) in [6, 6.07) is 0.755. The summed E-state index contributed by atoms with van der Waals surface area (Å²) in [7, 11) is 0. The third-order valence-electron chi connectivity index (χ3n) is 4.70. The fourth-order valence-electron chi connectivity index (χ4n) is 3.52. The molecule has 1 heterocycles. The van der Waals surface area contributed by atoms with Crippen molar-refractivity contribution in [3.05, 3.63) is 0 Å². The molecule has 1 aliphatic heterocycles. The van der Waals surface area contributed by atoms with Gasteiger partial charge in [0.15, 0.2) is 0 Å². The Bertz CT molecular complexity index is 233. The van der Waals surface area contributed by atoms with Gasteiger partial charge in [0.1, 0.15) is 0 Å². The Morgan fingerprint density at radius 2 is 1.88 bits per heavy atom. The number of nitrogens with one attached hydrogen (secondary N) is 1. The molecule has 1 aliphatic carbocycles. The number of hydrogen-bond donors (Lipinski definition) is 1. The van der Waals surface area contributed by atoms with E-state index in [0.29, 0.717) is 5.41 Å². The summed E-state index contributed by atoms with van der Waals surface area (Å²) < 4.78 is 5.41. The summed E-state index contributed by atoms with van der Waals surface area (Å²) in [6.45, 7) is 10.4. The summed E-state index contributed by atoms with van der Waals surface area (Å²) in [5, 5.41) is 3.82. The normalized spacial score (nSPS) is 34.8. The molecule has 2 aliphatic rings. The zero-order valence-electron chi connectivity index (χ0n) is 11.8. The first-order valence-corrected chi connectivity index (χ1v) is 7.38. The Balaban J connectivity index is 1.72. The van der Waals surface area contributed by atoms with Gasteiger partial charge in [-0.3, -0.25) is 0 Å². The van der Waals surface area contributed by atoms with Crippen LogP contribution >= 0.6 is 0 Å². The first kappa shape index (κ1) is 13.4. The lowest BCUT2D eigenvalue weighted by atomic mass is 9.70. The SMILES string of the molecule is CC1CC(C)(C)CCC1NCC1CCOCC1. The fourth-order valence-corrected chi connectivity index (χ4v) is 3.52. The van der Waals surface area contributed by atoms with Crippen LogP contribution in [0.2, 0.25) is 0 Å². The van der Waals surface area contributed by atoms with E-state index < -0.39 is 0 Å². The van der Waals surface area contributed by atoms with Crippen LogP contribution in [0.4, 0.5) is 0 Å². The third kappa shape index (κ3) is 3.96. The van der Waals surface area contributed by atoms with E-state index in [4.69, 9.17) is 4.74 Å². The van der Waals surface area contributed by atoms with Gasteiger partial charge in [-0.05, 0) is 55.9 Å².